The van der Waals surface area contributed by atoms with Gasteiger partial charge in [-0.2, -0.15) is 0 Å². The van der Waals surface area contributed by atoms with Crippen LogP contribution in [0.1, 0.15) is 204 Å². The van der Waals surface area contributed by atoms with E-state index in [0.29, 0.717) is 31.2 Å². The monoisotopic (exact) mass is 714 g/mol. The van der Waals surface area contributed by atoms with E-state index in [4.69, 9.17) is 9.05 Å². The molecule has 1 N–H and O–H groups in total. The van der Waals surface area contributed by atoms with E-state index in [9.17, 15) is 4.57 Å². The lowest BCUT2D eigenvalue weighted by Crippen LogP contribution is -2.12. The zero-order valence-electron chi connectivity index (χ0n) is 35.5. The molecule has 0 aliphatic heterocycles. The van der Waals surface area contributed by atoms with Crippen molar-refractivity contribution in [2.24, 2.45) is 47.3 Å². The van der Waals surface area contributed by atoms with Gasteiger partial charge in [-0.3, -0.25) is 4.57 Å². The van der Waals surface area contributed by atoms with Gasteiger partial charge >= 0.3 is 7.60 Å². The highest BCUT2D eigenvalue weighted by Crippen LogP contribution is 2.49. The molecule has 0 fully saturated rings. The van der Waals surface area contributed by atoms with Crippen molar-refractivity contribution in [2.75, 3.05) is 33.0 Å². The predicted octanol–water partition coefficient (Wildman–Crippen LogP) is 14.8. The minimum absolute atomic E-state index is 0.512. The molecule has 0 rings (SSSR count). The van der Waals surface area contributed by atoms with Gasteiger partial charge in [0.25, 0.3) is 0 Å². The van der Waals surface area contributed by atoms with Crippen molar-refractivity contribution in [3.8, 4) is 0 Å². The highest BCUT2D eigenvalue weighted by Gasteiger charge is 2.24. The third kappa shape index (κ3) is 32.5. The zero-order chi connectivity index (χ0) is 36.9. The summed E-state index contributed by atoms with van der Waals surface area (Å²) < 4.78 is 25.8. The van der Waals surface area contributed by atoms with Crippen LogP contribution in [0, 0.1) is 47.3 Å². The van der Waals surface area contributed by atoms with Gasteiger partial charge in [0.05, 0.1) is 19.4 Å². The molecule has 6 atom stereocenters. The van der Waals surface area contributed by atoms with Gasteiger partial charge in [-0.1, -0.05) is 185 Å². The molecule has 0 aromatic carbocycles. The van der Waals surface area contributed by atoms with E-state index < -0.39 is 7.60 Å². The number of hydrogen-bond acceptors (Lipinski definition) is 4. The van der Waals surface area contributed by atoms with Crippen LogP contribution in [-0.2, 0) is 13.6 Å². The standard InChI is InChI=1S/C44H92NO3P/c1-37(2)19-12-21-39(5)23-14-25-41(7)27-16-29-43(9)31-34-47-49(46,36-18-33-45-11)48-35-32-44(10)30-17-28-42(8)26-15-24-40(6)22-13-20-38(3)4/h37-45H,12-36H2,1-11H3. The fourth-order valence-electron chi connectivity index (χ4n) is 7.28. The summed E-state index contributed by atoms with van der Waals surface area (Å²) in [7, 11) is -1.10. The molecule has 5 heteroatoms. The summed E-state index contributed by atoms with van der Waals surface area (Å²) in [6.45, 7) is 25.7. The van der Waals surface area contributed by atoms with Crippen molar-refractivity contribution in [1.82, 2.24) is 5.32 Å². The highest BCUT2D eigenvalue weighted by atomic mass is 31.2. The van der Waals surface area contributed by atoms with Crippen LogP contribution in [-0.4, -0.2) is 33.0 Å². The fraction of sp³-hybridized carbons (Fsp3) is 1.00. The lowest BCUT2D eigenvalue weighted by atomic mass is 9.91. The topological polar surface area (TPSA) is 47.6 Å². The van der Waals surface area contributed by atoms with Crippen LogP contribution in [0.2, 0.25) is 0 Å². The zero-order valence-corrected chi connectivity index (χ0v) is 36.4. The molecule has 0 aromatic rings. The van der Waals surface area contributed by atoms with Crippen LogP contribution in [0.4, 0.5) is 0 Å². The van der Waals surface area contributed by atoms with Crippen molar-refractivity contribution in [3.63, 3.8) is 0 Å². The van der Waals surface area contributed by atoms with Crippen molar-refractivity contribution in [1.29, 1.82) is 0 Å². The minimum atomic E-state index is -3.05. The van der Waals surface area contributed by atoms with Gasteiger partial charge in [0.15, 0.2) is 0 Å². The SMILES string of the molecule is CNCCCP(=O)(OCCC(C)CCCC(C)CCCC(C)CCCC(C)C)OCCC(C)CCCC(C)CCCC(C)CCCC(C)C. The first-order chi connectivity index (χ1) is 23.3. The van der Waals surface area contributed by atoms with Crippen molar-refractivity contribution >= 4 is 7.60 Å². The van der Waals surface area contributed by atoms with Gasteiger partial charge in [0.1, 0.15) is 0 Å². The van der Waals surface area contributed by atoms with Crippen LogP contribution < -0.4 is 5.32 Å². The molecule has 0 saturated heterocycles. The summed E-state index contributed by atoms with van der Waals surface area (Å²) in [5.74, 6) is 6.27. The van der Waals surface area contributed by atoms with Gasteiger partial charge < -0.3 is 14.4 Å². The molecule has 0 radical (unpaired) electrons. The Labute approximate surface area is 310 Å². The molecule has 0 bridgehead atoms. The summed E-state index contributed by atoms with van der Waals surface area (Å²) in [5, 5.41) is 3.18. The van der Waals surface area contributed by atoms with Crippen LogP contribution >= 0.6 is 7.60 Å². The highest BCUT2D eigenvalue weighted by molar-refractivity contribution is 7.53. The van der Waals surface area contributed by atoms with E-state index in [1.54, 1.807) is 0 Å². The average molecular weight is 714 g/mol. The van der Waals surface area contributed by atoms with Crippen molar-refractivity contribution in [2.45, 2.75) is 204 Å². The van der Waals surface area contributed by atoms with E-state index in [-0.39, 0.29) is 0 Å². The quantitative estimate of drug-likeness (QED) is 0.0519. The Kier molecular flexibility index (Phi) is 31.7. The van der Waals surface area contributed by atoms with Gasteiger partial charge in [0, 0.05) is 0 Å². The first-order valence-corrected chi connectivity index (χ1v) is 23.5. The largest absolute Gasteiger partial charge is 0.330 e. The molecule has 296 valence electrons. The second kappa shape index (κ2) is 31.6. The van der Waals surface area contributed by atoms with Gasteiger partial charge in [-0.15, -0.1) is 0 Å². The summed E-state index contributed by atoms with van der Waals surface area (Å²) in [6.07, 6.45) is 27.6. The summed E-state index contributed by atoms with van der Waals surface area (Å²) >= 11 is 0. The maximum atomic E-state index is 13.7. The smallest absolute Gasteiger partial charge is 0.320 e. The van der Waals surface area contributed by atoms with Gasteiger partial charge in [-0.05, 0) is 80.2 Å². The van der Waals surface area contributed by atoms with Crippen LogP contribution in [0.3, 0.4) is 0 Å². The average Bonchev–Trinajstić information content (AvgIpc) is 3.01. The molecule has 6 unspecified atom stereocenters. The molecule has 49 heavy (non-hydrogen) atoms. The van der Waals surface area contributed by atoms with Crippen LogP contribution in [0.15, 0.2) is 0 Å². The fourth-order valence-corrected chi connectivity index (χ4v) is 8.92. The molecule has 0 saturated carbocycles. The lowest BCUT2D eigenvalue weighted by Gasteiger charge is -2.21. The molecule has 0 aliphatic rings. The maximum Gasteiger partial charge on any atom is 0.330 e. The van der Waals surface area contributed by atoms with Gasteiger partial charge in [0.2, 0.25) is 0 Å². The number of rotatable bonds is 36. The van der Waals surface area contributed by atoms with E-state index in [1.807, 2.05) is 7.05 Å². The Hall–Kier alpha value is 0.110. The van der Waals surface area contributed by atoms with Crippen molar-refractivity contribution < 1.29 is 13.6 Å². The molecular weight excluding hydrogens is 621 g/mol. The molecule has 0 aromatic heterocycles. The summed E-state index contributed by atoms with van der Waals surface area (Å²) in [4.78, 5) is 0. The van der Waals surface area contributed by atoms with Crippen LogP contribution in [0.25, 0.3) is 0 Å². The maximum absolute atomic E-state index is 13.7. The molecule has 0 heterocycles. The van der Waals surface area contributed by atoms with E-state index in [0.717, 1.165) is 61.3 Å². The molecule has 0 aliphatic carbocycles. The molecule has 0 amide bonds. The Balaban J connectivity index is 4.22. The molecule has 0 spiro atoms. The Morgan fingerprint density at radius 3 is 0.939 bits per heavy atom. The Morgan fingerprint density at radius 2 is 0.673 bits per heavy atom. The number of nitrogens with one attached hydrogen (secondary N) is 1. The first kappa shape index (κ1) is 49.1. The Bertz CT molecular complexity index is 704. The predicted molar refractivity (Wildman–Crippen MR) is 220 cm³/mol. The Morgan fingerprint density at radius 1 is 0.408 bits per heavy atom. The van der Waals surface area contributed by atoms with E-state index >= 15 is 0 Å². The molecule has 4 nitrogen and oxygen atoms in total. The van der Waals surface area contributed by atoms with E-state index in [1.165, 1.54) is 116 Å². The third-order valence-electron chi connectivity index (χ3n) is 11.2. The normalized spacial score (nSPS) is 17.2. The summed E-state index contributed by atoms with van der Waals surface area (Å²) in [6, 6.07) is 0. The van der Waals surface area contributed by atoms with Gasteiger partial charge in [-0.25, -0.2) is 0 Å². The van der Waals surface area contributed by atoms with Crippen molar-refractivity contribution in [3.05, 3.63) is 0 Å². The van der Waals surface area contributed by atoms with E-state index in [2.05, 4.69) is 74.6 Å². The number of hydrogen-bond donors (Lipinski definition) is 1. The second-order valence-electron chi connectivity index (χ2n) is 18.0. The molecular formula is C44H92NO3P. The van der Waals surface area contributed by atoms with Crippen LogP contribution in [0.5, 0.6) is 0 Å². The lowest BCUT2D eigenvalue weighted by molar-refractivity contribution is 0.183. The second-order valence-corrected chi connectivity index (χ2v) is 20.2. The minimum Gasteiger partial charge on any atom is -0.320 e. The third-order valence-corrected chi connectivity index (χ3v) is 13.2. The first-order valence-electron chi connectivity index (χ1n) is 21.8. The summed E-state index contributed by atoms with van der Waals surface area (Å²) in [5.41, 5.74) is 0.